The van der Waals surface area contributed by atoms with E-state index in [0.29, 0.717) is 6.42 Å². The van der Waals surface area contributed by atoms with Gasteiger partial charge >= 0.3 is 5.97 Å². The molecule has 1 aliphatic heterocycles. The molecule has 3 rings (SSSR count). The Kier molecular flexibility index (Phi) is 3.81. The van der Waals surface area contributed by atoms with Crippen molar-refractivity contribution in [2.24, 2.45) is 5.73 Å². The van der Waals surface area contributed by atoms with Gasteiger partial charge in [-0.25, -0.2) is 0 Å². The third-order valence-electron chi connectivity index (χ3n) is 3.88. The van der Waals surface area contributed by atoms with Crippen molar-refractivity contribution in [3.05, 3.63) is 30.0 Å². The first-order valence-corrected chi connectivity index (χ1v) is 7.06. The largest absolute Gasteiger partial charge is 0.480 e. The van der Waals surface area contributed by atoms with Crippen LogP contribution in [0.4, 0.5) is 5.69 Å². The molecule has 1 unspecified atom stereocenters. The molecule has 1 aromatic carbocycles. The van der Waals surface area contributed by atoms with E-state index in [1.54, 1.807) is 0 Å². The standard InChI is InChI=1S/C15H19N3O3/c16-13(15(19)20)7-10-9-17-14-2-1-11(8-12(10)14)18-3-5-21-6-4-18/h1-2,8-9,13,17H,3-7,16H2,(H,19,20). The molecule has 0 bridgehead atoms. The van der Waals surface area contributed by atoms with E-state index in [-0.39, 0.29) is 0 Å². The molecular formula is C15H19N3O3. The maximum absolute atomic E-state index is 10.9. The Morgan fingerprint density at radius 1 is 1.43 bits per heavy atom. The summed E-state index contributed by atoms with van der Waals surface area (Å²) in [5.41, 5.74) is 8.71. The van der Waals surface area contributed by atoms with E-state index in [2.05, 4.69) is 22.0 Å². The molecule has 0 radical (unpaired) electrons. The molecule has 0 amide bonds. The summed E-state index contributed by atoms with van der Waals surface area (Å²) in [6.45, 7) is 3.23. The second kappa shape index (κ2) is 5.75. The van der Waals surface area contributed by atoms with Gasteiger partial charge in [0.25, 0.3) is 0 Å². The predicted octanol–water partition coefficient (Wildman–Crippen LogP) is 0.959. The monoisotopic (exact) mass is 289 g/mol. The Morgan fingerprint density at radius 2 is 2.19 bits per heavy atom. The maximum atomic E-state index is 10.9. The molecule has 0 saturated carbocycles. The number of ether oxygens (including phenoxy) is 1. The molecule has 6 nitrogen and oxygen atoms in total. The number of nitrogens with one attached hydrogen (secondary N) is 1. The normalized spacial score (nSPS) is 17.1. The highest BCUT2D eigenvalue weighted by atomic mass is 16.5. The van der Waals surface area contributed by atoms with Crippen LogP contribution in [0.3, 0.4) is 0 Å². The number of fused-ring (bicyclic) bond motifs is 1. The van der Waals surface area contributed by atoms with Crippen LogP contribution in [0, 0.1) is 0 Å². The first-order valence-electron chi connectivity index (χ1n) is 7.06. The molecule has 21 heavy (non-hydrogen) atoms. The second-order valence-electron chi connectivity index (χ2n) is 5.29. The Bertz CT molecular complexity index is 647. The van der Waals surface area contributed by atoms with Gasteiger partial charge in [-0.1, -0.05) is 0 Å². The lowest BCUT2D eigenvalue weighted by molar-refractivity contribution is -0.138. The fourth-order valence-electron chi connectivity index (χ4n) is 2.68. The van der Waals surface area contributed by atoms with Crippen molar-refractivity contribution in [2.75, 3.05) is 31.2 Å². The average molecular weight is 289 g/mol. The van der Waals surface area contributed by atoms with Crippen LogP contribution in [0.5, 0.6) is 0 Å². The summed E-state index contributed by atoms with van der Waals surface area (Å²) in [6.07, 6.45) is 2.17. The minimum absolute atomic E-state index is 0.321. The van der Waals surface area contributed by atoms with Gasteiger partial charge in [-0.3, -0.25) is 4.79 Å². The Morgan fingerprint density at radius 3 is 2.90 bits per heavy atom. The lowest BCUT2D eigenvalue weighted by Crippen LogP contribution is -2.36. The number of carboxylic acids is 1. The lowest BCUT2D eigenvalue weighted by atomic mass is 10.0. The number of nitrogens with two attached hydrogens (primary N) is 1. The first-order chi connectivity index (χ1) is 10.1. The number of aromatic amines is 1. The molecule has 1 aromatic heterocycles. The number of nitrogens with zero attached hydrogens (tertiary/aromatic N) is 1. The molecule has 2 heterocycles. The number of H-pyrrole nitrogens is 1. The molecule has 1 fully saturated rings. The smallest absolute Gasteiger partial charge is 0.320 e. The number of rotatable bonds is 4. The highest BCUT2D eigenvalue weighted by molar-refractivity contribution is 5.87. The van der Waals surface area contributed by atoms with Crippen molar-refractivity contribution < 1.29 is 14.6 Å². The van der Waals surface area contributed by atoms with Crippen LogP contribution in [0.2, 0.25) is 0 Å². The molecule has 1 aliphatic rings. The fraction of sp³-hybridized carbons (Fsp3) is 0.400. The summed E-state index contributed by atoms with van der Waals surface area (Å²) < 4.78 is 5.37. The Labute approximate surface area is 122 Å². The summed E-state index contributed by atoms with van der Waals surface area (Å²) in [5, 5.41) is 9.99. The SMILES string of the molecule is NC(Cc1c[nH]c2ccc(N3CCOCC3)cc12)C(=O)O. The topological polar surface area (TPSA) is 91.6 Å². The van der Waals surface area contributed by atoms with Crippen LogP contribution in [0.1, 0.15) is 5.56 Å². The van der Waals surface area contributed by atoms with Crippen molar-refractivity contribution in [1.82, 2.24) is 4.98 Å². The van der Waals surface area contributed by atoms with E-state index in [1.165, 1.54) is 0 Å². The maximum Gasteiger partial charge on any atom is 0.320 e. The third-order valence-corrected chi connectivity index (χ3v) is 3.88. The van der Waals surface area contributed by atoms with Crippen molar-refractivity contribution in [1.29, 1.82) is 0 Å². The number of carbonyl (C=O) groups is 1. The molecule has 1 atom stereocenters. The highest BCUT2D eigenvalue weighted by Crippen LogP contribution is 2.26. The molecule has 0 aliphatic carbocycles. The minimum Gasteiger partial charge on any atom is -0.480 e. The molecule has 2 aromatic rings. The van der Waals surface area contributed by atoms with Gasteiger partial charge in [-0.05, 0) is 23.8 Å². The summed E-state index contributed by atoms with van der Waals surface area (Å²) in [6, 6.07) is 5.32. The molecule has 112 valence electrons. The first kappa shape index (κ1) is 13.9. The zero-order valence-electron chi connectivity index (χ0n) is 11.7. The van der Waals surface area contributed by atoms with Crippen molar-refractivity contribution >= 4 is 22.6 Å². The number of benzene rings is 1. The van der Waals surface area contributed by atoms with E-state index < -0.39 is 12.0 Å². The summed E-state index contributed by atoms with van der Waals surface area (Å²) in [5.74, 6) is -0.978. The van der Waals surface area contributed by atoms with E-state index in [9.17, 15) is 4.79 Å². The van der Waals surface area contributed by atoms with Crippen molar-refractivity contribution in [3.8, 4) is 0 Å². The summed E-state index contributed by atoms with van der Waals surface area (Å²) in [4.78, 5) is 16.4. The number of hydrogen-bond donors (Lipinski definition) is 3. The second-order valence-corrected chi connectivity index (χ2v) is 5.29. The minimum atomic E-state index is -0.978. The van der Waals surface area contributed by atoms with E-state index in [4.69, 9.17) is 15.6 Å². The number of morpholine rings is 1. The van der Waals surface area contributed by atoms with E-state index in [0.717, 1.165) is 48.5 Å². The van der Waals surface area contributed by atoms with Crippen LogP contribution in [-0.2, 0) is 16.0 Å². The van der Waals surface area contributed by atoms with Gasteiger partial charge in [0.05, 0.1) is 13.2 Å². The molecule has 0 spiro atoms. The number of aromatic nitrogens is 1. The van der Waals surface area contributed by atoms with Crippen LogP contribution < -0.4 is 10.6 Å². The van der Waals surface area contributed by atoms with Crippen LogP contribution in [-0.4, -0.2) is 48.4 Å². The van der Waals surface area contributed by atoms with Gasteiger partial charge in [0, 0.05) is 42.3 Å². The van der Waals surface area contributed by atoms with Gasteiger partial charge in [0.15, 0.2) is 0 Å². The molecule has 6 heteroatoms. The van der Waals surface area contributed by atoms with E-state index in [1.807, 2.05) is 12.3 Å². The van der Waals surface area contributed by atoms with Crippen LogP contribution >= 0.6 is 0 Å². The van der Waals surface area contributed by atoms with Gasteiger partial charge in [0.2, 0.25) is 0 Å². The quantitative estimate of drug-likeness (QED) is 0.779. The third kappa shape index (κ3) is 2.86. The van der Waals surface area contributed by atoms with Gasteiger partial charge in [-0.2, -0.15) is 0 Å². The number of carboxylic acid groups (broad SMARTS) is 1. The summed E-state index contributed by atoms with van der Waals surface area (Å²) >= 11 is 0. The lowest BCUT2D eigenvalue weighted by Gasteiger charge is -2.29. The van der Waals surface area contributed by atoms with Gasteiger partial charge in [0.1, 0.15) is 6.04 Å². The Balaban J connectivity index is 1.90. The van der Waals surface area contributed by atoms with Gasteiger partial charge in [-0.15, -0.1) is 0 Å². The van der Waals surface area contributed by atoms with Crippen molar-refractivity contribution in [2.45, 2.75) is 12.5 Å². The molecule has 1 saturated heterocycles. The Hall–Kier alpha value is -2.05. The molecular weight excluding hydrogens is 270 g/mol. The van der Waals surface area contributed by atoms with E-state index >= 15 is 0 Å². The number of hydrogen-bond acceptors (Lipinski definition) is 4. The number of aliphatic carboxylic acids is 1. The average Bonchev–Trinajstić information content (AvgIpc) is 2.90. The highest BCUT2D eigenvalue weighted by Gasteiger charge is 2.16. The van der Waals surface area contributed by atoms with Crippen molar-refractivity contribution in [3.63, 3.8) is 0 Å². The molecule has 4 N–H and O–H groups in total. The zero-order valence-corrected chi connectivity index (χ0v) is 11.7. The fourth-order valence-corrected chi connectivity index (χ4v) is 2.68. The summed E-state index contributed by atoms with van der Waals surface area (Å²) in [7, 11) is 0. The zero-order chi connectivity index (χ0) is 14.8. The van der Waals surface area contributed by atoms with Gasteiger partial charge < -0.3 is 25.5 Å². The number of anilines is 1. The van der Waals surface area contributed by atoms with Crippen LogP contribution in [0.15, 0.2) is 24.4 Å². The predicted molar refractivity (Wildman–Crippen MR) is 80.6 cm³/mol. The van der Waals surface area contributed by atoms with Crippen LogP contribution in [0.25, 0.3) is 10.9 Å².